The highest BCUT2D eigenvalue weighted by molar-refractivity contribution is 6.11. The van der Waals surface area contributed by atoms with E-state index in [0.717, 1.165) is 70.6 Å². The number of anilines is 1. The maximum absolute atomic E-state index is 14.6. The Bertz CT molecular complexity index is 1650. The van der Waals surface area contributed by atoms with Crippen LogP contribution in [0.3, 0.4) is 0 Å². The fourth-order valence-electron chi connectivity index (χ4n) is 5.61. The molecule has 0 saturated carbocycles. The van der Waals surface area contributed by atoms with Crippen molar-refractivity contribution in [3.63, 3.8) is 0 Å². The third-order valence-corrected chi connectivity index (χ3v) is 7.87. The number of fused-ring (bicyclic) bond motifs is 1. The third kappa shape index (κ3) is 4.77. The van der Waals surface area contributed by atoms with Gasteiger partial charge in [0.15, 0.2) is 6.23 Å². The quantitative estimate of drug-likeness (QED) is 0.228. The predicted molar refractivity (Wildman–Crippen MR) is 158 cm³/mol. The minimum atomic E-state index is -0.0646. The highest BCUT2D eigenvalue weighted by Gasteiger charge is 2.27. The lowest BCUT2D eigenvalue weighted by Gasteiger charge is -2.26. The number of carbonyl (C=O) groups is 1. The van der Waals surface area contributed by atoms with E-state index in [1.165, 1.54) is 0 Å². The standard InChI is InChI=1S/C33H34N4O3/c1-23-32(28(22-35(23)2)24-11-5-4-6-12-24)33(38)36(21-25-13-7-8-14-30(25)39-3)27-16-17-29-26(19-27)20-34-37(29)31-15-9-10-18-40-31/h4-8,11-14,16-17,19-20,22,31H,9-10,15,18,21H2,1-3H3. The number of nitrogens with zero attached hydrogens (tertiary/aromatic N) is 4. The van der Waals surface area contributed by atoms with E-state index in [1.54, 1.807) is 7.11 Å². The topological polar surface area (TPSA) is 61.5 Å². The molecule has 40 heavy (non-hydrogen) atoms. The van der Waals surface area contributed by atoms with Crippen LogP contribution in [0.4, 0.5) is 5.69 Å². The van der Waals surface area contributed by atoms with Crippen molar-refractivity contribution >= 4 is 22.5 Å². The van der Waals surface area contributed by atoms with Gasteiger partial charge in [0.1, 0.15) is 5.75 Å². The van der Waals surface area contributed by atoms with Crippen molar-refractivity contribution in [1.29, 1.82) is 0 Å². The molecule has 7 heteroatoms. The number of aryl methyl sites for hydroxylation is 1. The molecular formula is C33H34N4O3. The highest BCUT2D eigenvalue weighted by Crippen LogP contribution is 2.34. The van der Waals surface area contributed by atoms with E-state index in [2.05, 4.69) is 11.2 Å². The van der Waals surface area contributed by atoms with E-state index in [4.69, 9.17) is 9.47 Å². The Morgan fingerprint density at radius 2 is 1.88 bits per heavy atom. The highest BCUT2D eigenvalue weighted by atomic mass is 16.5. The van der Waals surface area contributed by atoms with Crippen LogP contribution in [0.5, 0.6) is 5.75 Å². The molecule has 7 nitrogen and oxygen atoms in total. The van der Waals surface area contributed by atoms with Crippen molar-refractivity contribution in [3.05, 3.63) is 102 Å². The molecule has 0 bridgehead atoms. The Kier molecular flexibility index (Phi) is 7.13. The van der Waals surface area contributed by atoms with Crippen LogP contribution in [0, 0.1) is 6.92 Å². The first kappa shape index (κ1) is 25.9. The van der Waals surface area contributed by atoms with Crippen LogP contribution >= 0.6 is 0 Å². The SMILES string of the molecule is COc1ccccc1CN(C(=O)c1c(-c2ccccc2)cn(C)c1C)c1ccc2c(cnn2C2CCCCO2)c1. The van der Waals surface area contributed by atoms with E-state index in [-0.39, 0.29) is 12.1 Å². The number of methoxy groups -OCH3 is 1. The van der Waals surface area contributed by atoms with Gasteiger partial charge >= 0.3 is 0 Å². The van der Waals surface area contributed by atoms with Crippen LogP contribution in [0.1, 0.15) is 47.1 Å². The van der Waals surface area contributed by atoms with Gasteiger partial charge in [-0.3, -0.25) is 4.79 Å². The summed E-state index contributed by atoms with van der Waals surface area (Å²) in [6.07, 6.45) is 7.02. The summed E-state index contributed by atoms with van der Waals surface area (Å²) in [4.78, 5) is 16.4. The molecule has 5 aromatic rings. The monoisotopic (exact) mass is 534 g/mol. The second kappa shape index (κ2) is 11.0. The number of benzene rings is 3. The molecule has 1 atom stereocenters. The smallest absolute Gasteiger partial charge is 0.261 e. The molecule has 3 heterocycles. The number of hydrogen-bond donors (Lipinski definition) is 0. The molecule has 0 spiro atoms. The molecule has 1 saturated heterocycles. The molecule has 1 fully saturated rings. The Labute approximate surface area is 234 Å². The summed E-state index contributed by atoms with van der Waals surface area (Å²) in [5, 5.41) is 5.64. The second-order valence-electron chi connectivity index (χ2n) is 10.3. The van der Waals surface area contributed by atoms with Crippen molar-refractivity contribution in [3.8, 4) is 16.9 Å². The lowest BCUT2D eigenvalue weighted by atomic mass is 10.0. The van der Waals surface area contributed by atoms with Gasteiger partial charge in [-0.25, -0.2) is 4.68 Å². The zero-order valence-corrected chi connectivity index (χ0v) is 23.2. The van der Waals surface area contributed by atoms with E-state index in [9.17, 15) is 4.79 Å². The first-order chi connectivity index (χ1) is 19.5. The van der Waals surface area contributed by atoms with Crippen LogP contribution in [0.15, 0.2) is 85.2 Å². The summed E-state index contributed by atoms with van der Waals surface area (Å²) in [6, 6.07) is 24.0. The average Bonchev–Trinajstić information content (AvgIpc) is 3.56. The largest absolute Gasteiger partial charge is 0.496 e. The number of amides is 1. The molecule has 1 aliphatic heterocycles. The van der Waals surface area contributed by atoms with Crippen LogP contribution in [-0.2, 0) is 18.3 Å². The first-order valence-corrected chi connectivity index (χ1v) is 13.8. The second-order valence-corrected chi connectivity index (χ2v) is 10.3. The molecule has 0 aliphatic carbocycles. The molecule has 2 aromatic heterocycles. The van der Waals surface area contributed by atoms with Crippen molar-refractivity contribution < 1.29 is 14.3 Å². The van der Waals surface area contributed by atoms with Gasteiger partial charge in [0.25, 0.3) is 5.91 Å². The molecule has 0 N–H and O–H groups in total. The molecule has 1 unspecified atom stereocenters. The molecule has 1 aliphatic rings. The fraction of sp³-hybridized carbons (Fsp3) is 0.273. The maximum atomic E-state index is 14.6. The summed E-state index contributed by atoms with van der Waals surface area (Å²) in [5.74, 6) is 0.682. The van der Waals surface area contributed by atoms with Gasteiger partial charge < -0.3 is 18.9 Å². The van der Waals surface area contributed by atoms with Crippen LogP contribution in [0.2, 0.25) is 0 Å². The molecule has 3 aromatic carbocycles. The fourth-order valence-corrected chi connectivity index (χ4v) is 5.61. The minimum Gasteiger partial charge on any atom is -0.496 e. The Hall–Kier alpha value is -4.36. The van der Waals surface area contributed by atoms with E-state index >= 15 is 0 Å². The third-order valence-electron chi connectivity index (χ3n) is 7.87. The van der Waals surface area contributed by atoms with Gasteiger partial charge in [-0.2, -0.15) is 5.10 Å². The number of rotatable bonds is 7. The summed E-state index contributed by atoms with van der Waals surface area (Å²) in [5.41, 5.74) is 6.26. The summed E-state index contributed by atoms with van der Waals surface area (Å²) in [6.45, 7) is 3.11. The molecule has 6 rings (SSSR count). The molecule has 0 radical (unpaired) electrons. The van der Waals surface area contributed by atoms with Crippen molar-refractivity contribution in [2.75, 3.05) is 18.6 Å². The van der Waals surface area contributed by atoms with Gasteiger partial charge in [-0.15, -0.1) is 0 Å². The summed E-state index contributed by atoms with van der Waals surface area (Å²) >= 11 is 0. The van der Waals surface area contributed by atoms with E-state index in [0.29, 0.717) is 12.1 Å². The lowest BCUT2D eigenvalue weighted by Crippen LogP contribution is -2.31. The number of para-hydroxylation sites is 1. The van der Waals surface area contributed by atoms with Crippen LogP contribution in [-0.4, -0.2) is 34.0 Å². The Morgan fingerprint density at radius 1 is 1.07 bits per heavy atom. The van der Waals surface area contributed by atoms with Gasteiger partial charge in [-0.05, 0) is 56.0 Å². The Morgan fingerprint density at radius 3 is 2.65 bits per heavy atom. The summed E-state index contributed by atoms with van der Waals surface area (Å²) in [7, 11) is 3.64. The van der Waals surface area contributed by atoms with Gasteiger partial charge in [-0.1, -0.05) is 48.5 Å². The number of ether oxygens (including phenoxy) is 2. The number of carbonyl (C=O) groups excluding carboxylic acids is 1. The molecular weight excluding hydrogens is 500 g/mol. The normalized spacial score (nSPS) is 15.3. The summed E-state index contributed by atoms with van der Waals surface area (Å²) < 4.78 is 15.7. The van der Waals surface area contributed by atoms with Crippen molar-refractivity contribution in [1.82, 2.24) is 14.3 Å². The lowest BCUT2D eigenvalue weighted by molar-refractivity contribution is -0.0366. The Balaban J connectivity index is 1.45. The van der Waals surface area contributed by atoms with Crippen molar-refractivity contribution in [2.45, 2.75) is 39.0 Å². The van der Waals surface area contributed by atoms with Gasteiger partial charge in [0.2, 0.25) is 0 Å². The van der Waals surface area contributed by atoms with E-state index in [1.807, 2.05) is 107 Å². The molecule has 204 valence electrons. The molecule has 1 amide bonds. The van der Waals surface area contributed by atoms with Gasteiger partial charge in [0, 0.05) is 47.7 Å². The van der Waals surface area contributed by atoms with Crippen molar-refractivity contribution in [2.24, 2.45) is 7.05 Å². The average molecular weight is 535 g/mol. The zero-order chi connectivity index (χ0) is 27.6. The van der Waals surface area contributed by atoms with E-state index < -0.39 is 0 Å². The first-order valence-electron chi connectivity index (χ1n) is 13.8. The zero-order valence-electron chi connectivity index (χ0n) is 23.2. The predicted octanol–water partition coefficient (Wildman–Crippen LogP) is 6.90. The number of hydrogen-bond acceptors (Lipinski definition) is 4. The van der Waals surface area contributed by atoms with Crippen LogP contribution < -0.4 is 9.64 Å². The number of aromatic nitrogens is 3. The maximum Gasteiger partial charge on any atom is 0.261 e. The van der Waals surface area contributed by atoms with Gasteiger partial charge in [0.05, 0.1) is 30.9 Å². The van der Waals surface area contributed by atoms with Crippen LogP contribution in [0.25, 0.3) is 22.0 Å². The minimum absolute atomic E-state index is 0.0520.